The second kappa shape index (κ2) is 11.2. The van der Waals surface area contributed by atoms with Crippen molar-refractivity contribution in [3.8, 4) is 11.8 Å². The molecule has 0 spiro atoms. The van der Waals surface area contributed by atoms with E-state index in [1.165, 1.54) is 23.1 Å². The summed E-state index contributed by atoms with van der Waals surface area (Å²) in [6, 6.07) is 9.92. The van der Waals surface area contributed by atoms with Crippen LogP contribution in [0.15, 0.2) is 33.9 Å². The molecule has 0 aliphatic heterocycles. The van der Waals surface area contributed by atoms with Gasteiger partial charge in [0, 0.05) is 15.9 Å². The first-order chi connectivity index (χ1) is 16.1. The predicted octanol–water partition coefficient (Wildman–Crippen LogP) is 5.57. The largest absolute Gasteiger partial charge is 0.486 e. The summed E-state index contributed by atoms with van der Waals surface area (Å²) < 4.78 is 8.76. The van der Waals surface area contributed by atoms with Crippen LogP contribution >= 0.6 is 39.0 Å². The number of hydrogen-bond donors (Lipinski definition) is 1. The molecule has 4 rings (SSSR count). The summed E-state index contributed by atoms with van der Waals surface area (Å²) in [5, 5.41) is 22.5. The number of thioether (sulfide) groups is 1. The molecule has 0 radical (unpaired) electrons. The number of aromatic nitrogens is 3. The van der Waals surface area contributed by atoms with Gasteiger partial charge in [0.2, 0.25) is 5.91 Å². The molecule has 0 bridgehead atoms. The number of ether oxygens (including phenoxy) is 1. The molecule has 2 heterocycles. The van der Waals surface area contributed by atoms with E-state index in [2.05, 4.69) is 37.5 Å². The van der Waals surface area contributed by atoms with Crippen LogP contribution in [0.1, 0.15) is 48.0 Å². The molecule has 1 aromatic carbocycles. The lowest BCUT2D eigenvalue weighted by atomic mass is 10.1. The fourth-order valence-electron chi connectivity index (χ4n) is 3.77. The summed E-state index contributed by atoms with van der Waals surface area (Å²) in [7, 11) is 0. The van der Waals surface area contributed by atoms with Crippen molar-refractivity contribution in [2.75, 3.05) is 11.1 Å². The Morgan fingerprint density at radius 3 is 2.82 bits per heavy atom. The number of amides is 1. The Balaban J connectivity index is 1.37. The van der Waals surface area contributed by atoms with E-state index in [-0.39, 0.29) is 11.7 Å². The smallest absolute Gasteiger partial charge is 0.235 e. The van der Waals surface area contributed by atoms with Crippen LogP contribution in [0.2, 0.25) is 0 Å². The highest BCUT2D eigenvalue weighted by Gasteiger charge is 2.21. The van der Waals surface area contributed by atoms with Crippen molar-refractivity contribution in [2.45, 2.75) is 57.3 Å². The zero-order valence-corrected chi connectivity index (χ0v) is 21.5. The number of nitriles is 1. The van der Waals surface area contributed by atoms with Gasteiger partial charge in [0.05, 0.1) is 11.3 Å². The molecule has 0 unspecified atom stereocenters. The van der Waals surface area contributed by atoms with Crippen LogP contribution in [0, 0.1) is 11.3 Å². The SMILES string of the molecule is CCn1c(COc2ccc(Br)cc2)nnc1SCC(=O)Nc1sc2c(c1C#N)CCCCC2. The fraction of sp³-hybridized carbons (Fsp3) is 0.391. The Bertz CT molecular complexity index is 1170. The van der Waals surface area contributed by atoms with E-state index in [1.54, 1.807) is 11.3 Å². The number of fused-ring (bicyclic) bond motifs is 1. The highest BCUT2D eigenvalue weighted by Crippen LogP contribution is 2.37. The van der Waals surface area contributed by atoms with Gasteiger partial charge in [-0.25, -0.2) is 0 Å². The van der Waals surface area contributed by atoms with Gasteiger partial charge in [0.15, 0.2) is 11.0 Å². The maximum absolute atomic E-state index is 12.7. The Morgan fingerprint density at radius 2 is 2.06 bits per heavy atom. The average molecular weight is 547 g/mol. The average Bonchev–Trinajstić information content (AvgIpc) is 3.28. The lowest BCUT2D eigenvalue weighted by Crippen LogP contribution is -2.15. The molecular formula is C23H24BrN5O2S2. The lowest BCUT2D eigenvalue weighted by Gasteiger charge is -2.09. The Labute approximate surface area is 209 Å². The molecule has 0 atom stereocenters. The molecule has 0 fully saturated rings. The van der Waals surface area contributed by atoms with E-state index in [4.69, 9.17) is 4.74 Å². The van der Waals surface area contributed by atoms with Crippen LogP contribution in [0.3, 0.4) is 0 Å². The standard InChI is InChI=1S/C23H24BrN5O2S2/c1-2-29-20(13-31-16-10-8-15(24)9-11-16)27-28-23(29)32-14-21(30)26-22-18(12-25)17-6-4-3-5-7-19(17)33-22/h8-11H,2-7,13-14H2,1H3,(H,26,30). The third-order valence-corrected chi connectivity index (χ3v) is 8.11. The summed E-state index contributed by atoms with van der Waals surface area (Å²) in [6.45, 7) is 2.97. The van der Waals surface area contributed by atoms with E-state index in [0.717, 1.165) is 41.5 Å². The molecule has 1 aliphatic carbocycles. The molecule has 172 valence electrons. The Hall–Kier alpha value is -2.35. The van der Waals surface area contributed by atoms with Crippen LogP contribution in [0.4, 0.5) is 5.00 Å². The minimum absolute atomic E-state index is 0.147. The van der Waals surface area contributed by atoms with Crippen LogP contribution in [-0.2, 0) is 30.8 Å². The van der Waals surface area contributed by atoms with Gasteiger partial charge in [-0.1, -0.05) is 34.1 Å². The van der Waals surface area contributed by atoms with Crippen molar-refractivity contribution in [1.82, 2.24) is 14.8 Å². The summed E-state index contributed by atoms with van der Waals surface area (Å²) >= 11 is 6.29. The third kappa shape index (κ3) is 5.78. The summed E-state index contributed by atoms with van der Waals surface area (Å²) in [5.41, 5.74) is 1.77. The highest BCUT2D eigenvalue weighted by molar-refractivity contribution is 9.10. The fourth-order valence-corrected chi connectivity index (χ4v) is 6.11. The summed E-state index contributed by atoms with van der Waals surface area (Å²) in [4.78, 5) is 13.9. The van der Waals surface area contributed by atoms with Crippen LogP contribution in [0.5, 0.6) is 5.75 Å². The first-order valence-electron chi connectivity index (χ1n) is 10.9. The highest BCUT2D eigenvalue weighted by atomic mass is 79.9. The molecule has 0 saturated heterocycles. The minimum atomic E-state index is -0.147. The second-order valence-corrected chi connectivity index (χ2v) is 10.6. The number of carbonyl (C=O) groups is 1. The number of halogens is 1. The molecule has 1 aliphatic rings. The molecule has 10 heteroatoms. The second-order valence-electron chi connectivity index (χ2n) is 7.60. The lowest BCUT2D eigenvalue weighted by molar-refractivity contribution is -0.113. The molecule has 2 aromatic heterocycles. The van der Waals surface area contributed by atoms with Gasteiger partial charge in [0.25, 0.3) is 0 Å². The number of aryl methyl sites for hydroxylation is 1. The van der Waals surface area contributed by atoms with Crippen molar-refractivity contribution in [1.29, 1.82) is 5.26 Å². The summed E-state index contributed by atoms with van der Waals surface area (Å²) in [5.74, 6) is 1.50. The van der Waals surface area contributed by atoms with Crippen LogP contribution in [-0.4, -0.2) is 26.4 Å². The minimum Gasteiger partial charge on any atom is -0.486 e. The number of hydrogen-bond acceptors (Lipinski definition) is 7. The van der Waals surface area contributed by atoms with Crippen molar-refractivity contribution >= 4 is 49.9 Å². The molecule has 0 saturated carbocycles. The van der Waals surface area contributed by atoms with Crippen molar-refractivity contribution < 1.29 is 9.53 Å². The maximum Gasteiger partial charge on any atom is 0.235 e. The first-order valence-corrected chi connectivity index (χ1v) is 13.5. The number of rotatable bonds is 8. The van der Waals surface area contributed by atoms with Crippen molar-refractivity contribution in [3.63, 3.8) is 0 Å². The number of nitrogens with one attached hydrogen (secondary N) is 1. The normalized spacial score (nSPS) is 13.1. The maximum atomic E-state index is 12.7. The van der Waals surface area contributed by atoms with E-state index in [1.807, 2.05) is 35.8 Å². The monoisotopic (exact) mass is 545 g/mol. The molecular weight excluding hydrogens is 522 g/mol. The molecule has 1 N–H and O–H groups in total. The Kier molecular flexibility index (Phi) is 8.06. The van der Waals surface area contributed by atoms with Gasteiger partial charge < -0.3 is 14.6 Å². The van der Waals surface area contributed by atoms with Gasteiger partial charge in [0.1, 0.15) is 23.4 Å². The van der Waals surface area contributed by atoms with E-state index in [0.29, 0.717) is 34.7 Å². The van der Waals surface area contributed by atoms with Crippen molar-refractivity contribution in [2.24, 2.45) is 0 Å². The molecule has 7 nitrogen and oxygen atoms in total. The topological polar surface area (TPSA) is 92.8 Å². The number of carbonyl (C=O) groups excluding carboxylic acids is 1. The van der Waals surface area contributed by atoms with Gasteiger partial charge in [-0.05, 0) is 62.4 Å². The van der Waals surface area contributed by atoms with Gasteiger partial charge >= 0.3 is 0 Å². The van der Waals surface area contributed by atoms with Crippen LogP contribution < -0.4 is 10.1 Å². The van der Waals surface area contributed by atoms with E-state index in [9.17, 15) is 10.1 Å². The van der Waals surface area contributed by atoms with Crippen LogP contribution in [0.25, 0.3) is 0 Å². The zero-order valence-electron chi connectivity index (χ0n) is 18.3. The molecule has 3 aromatic rings. The quantitative estimate of drug-likeness (QED) is 0.293. The molecule has 1 amide bonds. The van der Waals surface area contributed by atoms with E-state index < -0.39 is 0 Å². The van der Waals surface area contributed by atoms with E-state index >= 15 is 0 Å². The third-order valence-electron chi connectivity index (χ3n) is 5.41. The van der Waals surface area contributed by atoms with Gasteiger partial charge in [-0.2, -0.15) is 5.26 Å². The predicted molar refractivity (Wildman–Crippen MR) is 134 cm³/mol. The van der Waals surface area contributed by atoms with Crippen molar-refractivity contribution in [3.05, 3.63) is 50.6 Å². The first kappa shape index (κ1) is 23.8. The summed E-state index contributed by atoms with van der Waals surface area (Å²) in [6.07, 6.45) is 5.34. The van der Waals surface area contributed by atoms with Gasteiger partial charge in [-0.3, -0.25) is 4.79 Å². The number of anilines is 1. The number of benzene rings is 1. The van der Waals surface area contributed by atoms with Gasteiger partial charge in [-0.15, -0.1) is 21.5 Å². The number of nitrogens with zero attached hydrogens (tertiary/aromatic N) is 4. The molecule has 33 heavy (non-hydrogen) atoms. The zero-order chi connectivity index (χ0) is 23.2. The number of thiophene rings is 1. The Morgan fingerprint density at radius 1 is 1.27 bits per heavy atom.